The number of hydrogen-bond donors (Lipinski definition) is 1. The maximum atomic E-state index is 6.27. The van der Waals surface area contributed by atoms with Crippen LogP contribution in [-0.2, 0) is 0 Å². The quantitative estimate of drug-likeness (QED) is 0.777. The van der Waals surface area contributed by atoms with E-state index >= 15 is 0 Å². The Kier molecular flexibility index (Phi) is 5.43. The lowest BCUT2D eigenvalue weighted by Crippen LogP contribution is -2.32. The Hall–Kier alpha value is -1.07. The standard InChI is InChI=1S/C17H20INO/c1-3-16(19)17(15-7-5-4-6-12(15)2)20-14-10-8-13(18)9-11-14/h4-11,16-17H,3,19H2,1-2H3. The van der Waals surface area contributed by atoms with E-state index in [9.17, 15) is 0 Å². The van der Waals surface area contributed by atoms with Crippen LogP contribution in [0.5, 0.6) is 5.75 Å². The molecule has 2 aromatic rings. The fourth-order valence-corrected chi connectivity index (χ4v) is 2.52. The lowest BCUT2D eigenvalue weighted by molar-refractivity contribution is 0.170. The summed E-state index contributed by atoms with van der Waals surface area (Å²) in [5, 5.41) is 0. The number of halogens is 1. The Morgan fingerprint density at radius 3 is 2.35 bits per heavy atom. The highest BCUT2D eigenvalue weighted by atomic mass is 127. The number of hydrogen-bond acceptors (Lipinski definition) is 2. The van der Waals surface area contributed by atoms with Gasteiger partial charge in [-0.15, -0.1) is 0 Å². The Morgan fingerprint density at radius 2 is 1.75 bits per heavy atom. The first-order valence-electron chi connectivity index (χ1n) is 6.85. The minimum absolute atomic E-state index is 0.0182. The van der Waals surface area contributed by atoms with Crippen LogP contribution >= 0.6 is 22.6 Å². The van der Waals surface area contributed by atoms with E-state index in [0.29, 0.717) is 0 Å². The predicted octanol–water partition coefficient (Wildman–Crippen LogP) is 4.46. The number of nitrogens with two attached hydrogens (primary N) is 1. The van der Waals surface area contributed by atoms with Gasteiger partial charge in [0, 0.05) is 9.61 Å². The Labute approximate surface area is 134 Å². The lowest BCUT2D eigenvalue weighted by Gasteiger charge is -2.26. The maximum absolute atomic E-state index is 6.27. The van der Waals surface area contributed by atoms with Gasteiger partial charge in [0.25, 0.3) is 0 Å². The molecule has 2 nitrogen and oxygen atoms in total. The molecule has 0 bridgehead atoms. The van der Waals surface area contributed by atoms with Gasteiger partial charge < -0.3 is 10.5 Å². The summed E-state index contributed by atoms with van der Waals surface area (Å²) in [5.41, 5.74) is 8.65. The smallest absolute Gasteiger partial charge is 0.139 e. The molecule has 3 heteroatoms. The van der Waals surface area contributed by atoms with Gasteiger partial charge in [-0.3, -0.25) is 0 Å². The van der Waals surface area contributed by atoms with Crippen molar-refractivity contribution in [1.29, 1.82) is 0 Å². The molecule has 0 heterocycles. The van der Waals surface area contributed by atoms with Crippen molar-refractivity contribution in [2.24, 2.45) is 5.73 Å². The molecule has 0 spiro atoms. The molecule has 0 saturated carbocycles. The number of ether oxygens (including phenoxy) is 1. The van der Waals surface area contributed by atoms with Gasteiger partial charge >= 0.3 is 0 Å². The van der Waals surface area contributed by atoms with Crippen molar-refractivity contribution >= 4 is 22.6 Å². The molecule has 0 aliphatic heterocycles. The minimum atomic E-state index is -0.110. The van der Waals surface area contributed by atoms with E-state index in [0.717, 1.165) is 12.2 Å². The molecule has 0 radical (unpaired) electrons. The van der Waals surface area contributed by atoms with Crippen molar-refractivity contribution in [3.05, 3.63) is 63.2 Å². The van der Waals surface area contributed by atoms with Gasteiger partial charge in [-0.1, -0.05) is 31.2 Å². The first-order valence-corrected chi connectivity index (χ1v) is 7.93. The third kappa shape index (κ3) is 3.73. The van der Waals surface area contributed by atoms with Crippen molar-refractivity contribution in [3.63, 3.8) is 0 Å². The summed E-state index contributed by atoms with van der Waals surface area (Å²) >= 11 is 2.29. The molecule has 0 saturated heterocycles. The molecule has 0 amide bonds. The molecular formula is C17H20INO. The zero-order valence-electron chi connectivity index (χ0n) is 11.8. The zero-order chi connectivity index (χ0) is 14.5. The van der Waals surface area contributed by atoms with Crippen LogP contribution in [0.4, 0.5) is 0 Å². The third-order valence-electron chi connectivity index (χ3n) is 3.43. The topological polar surface area (TPSA) is 35.2 Å². The molecule has 2 atom stereocenters. The molecule has 0 aromatic heterocycles. The highest BCUT2D eigenvalue weighted by Crippen LogP contribution is 2.28. The first kappa shape index (κ1) is 15.3. The largest absolute Gasteiger partial charge is 0.484 e. The van der Waals surface area contributed by atoms with Crippen molar-refractivity contribution in [1.82, 2.24) is 0 Å². The van der Waals surface area contributed by atoms with E-state index in [1.165, 1.54) is 14.7 Å². The fraction of sp³-hybridized carbons (Fsp3) is 0.294. The summed E-state index contributed by atoms with van der Waals surface area (Å²) in [5.74, 6) is 0.863. The van der Waals surface area contributed by atoms with Gasteiger partial charge in [-0.05, 0) is 71.3 Å². The fourth-order valence-electron chi connectivity index (χ4n) is 2.16. The van der Waals surface area contributed by atoms with Crippen LogP contribution in [-0.4, -0.2) is 6.04 Å². The molecule has 2 rings (SSSR count). The number of rotatable bonds is 5. The summed E-state index contributed by atoms with van der Waals surface area (Å²) in [6, 6.07) is 16.3. The monoisotopic (exact) mass is 381 g/mol. The van der Waals surface area contributed by atoms with Crippen molar-refractivity contribution in [2.45, 2.75) is 32.4 Å². The van der Waals surface area contributed by atoms with E-state index in [2.05, 4.69) is 48.6 Å². The second-order valence-electron chi connectivity index (χ2n) is 4.92. The SMILES string of the molecule is CCC(N)C(Oc1ccc(I)cc1)c1ccccc1C. The van der Waals surface area contributed by atoms with E-state index in [1.807, 2.05) is 36.4 Å². The molecule has 20 heavy (non-hydrogen) atoms. The van der Waals surface area contributed by atoms with Gasteiger partial charge in [-0.2, -0.15) is 0 Å². The molecule has 0 fully saturated rings. The van der Waals surface area contributed by atoms with Gasteiger partial charge in [0.05, 0.1) is 0 Å². The second kappa shape index (κ2) is 7.09. The molecule has 2 N–H and O–H groups in total. The summed E-state index contributed by atoms with van der Waals surface area (Å²) in [6.45, 7) is 4.19. The molecule has 106 valence electrons. The Bertz CT molecular complexity index is 553. The molecule has 2 aromatic carbocycles. The summed E-state index contributed by atoms with van der Waals surface area (Å²) in [4.78, 5) is 0. The van der Waals surface area contributed by atoms with Gasteiger partial charge in [0.2, 0.25) is 0 Å². The molecule has 2 unspecified atom stereocenters. The summed E-state index contributed by atoms with van der Waals surface area (Å²) < 4.78 is 7.36. The number of aryl methyl sites for hydroxylation is 1. The van der Waals surface area contributed by atoms with Gasteiger partial charge in [0.1, 0.15) is 11.9 Å². The average Bonchev–Trinajstić information content (AvgIpc) is 2.47. The summed E-state index contributed by atoms with van der Waals surface area (Å²) in [7, 11) is 0. The normalized spacial score (nSPS) is 13.8. The second-order valence-corrected chi connectivity index (χ2v) is 6.17. The zero-order valence-corrected chi connectivity index (χ0v) is 14.0. The van der Waals surface area contributed by atoms with E-state index in [4.69, 9.17) is 10.5 Å². The van der Waals surface area contributed by atoms with Crippen LogP contribution in [0.15, 0.2) is 48.5 Å². The highest BCUT2D eigenvalue weighted by molar-refractivity contribution is 14.1. The highest BCUT2D eigenvalue weighted by Gasteiger charge is 2.21. The Morgan fingerprint density at radius 1 is 1.10 bits per heavy atom. The van der Waals surface area contributed by atoms with Crippen molar-refractivity contribution in [3.8, 4) is 5.75 Å². The van der Waals surface area contributed by atoms with Crippen LogP contribution in [0.2, 0.25) is 0 Å². The van der Waals surface area contributed by atoms with E-state index in [1.54, 1.807) is 0 Å². The van der Waals surface area contributed by atoms with Crippen LogP contribution < -0.4 is 10.5 Å². The van der Waals surface area contributed by atoms with Crippen molar-refractivity contribution < 1.29 is 4.74 Å². The summed E-state index contributed by atoms with van der Waals surface area (Å²) in [6.07, 6.45) is 0.768. The minimum Gasteiger partial charge on any atom is -0.484 e. The van der Waals surface area contributed by atoms with Crippen LogP contribution in [0.25, 0.3) is 0 Å². The first-order chi connectivity index (χ1) is 9.61. The molecule has 0 aliphatic carbocycles. The van der Waals surface area contributed by atoms with Crippen LogP contribution in [0.3, 0.4) is 0 Å². The van der Waals surface area contributed by atoms with E-state index < -0.39 is 0 Å². The third-order valence-corrected chi connectivity index (χ3v) is 4.15. The lowest BCUT2D eigenvalue weighted by atomic mass is 9.97. The number of benzene rings is 2. The van der Waals surface area contributed by atoms with Crippen molar-refractivity contribution in [2.75, 3.05) is 0 Å². The van der Waals surface area contributed by atoms with Crippen LogP contribution in [0, 0.1) is 10.5 Å². The van der Waals surface area contributed by atoms with E-state index in [-0.39, 0.29) is 12.1 Å². The van der Waals surface area contributed by atoms with Crippen LogP contribution in [0.1, 0.15) is 30.6 Å². The molecular weight excluding hydrogens is 361 g/mol. The predicted molar refractivity (Wildman–Crippen MR) is 92.0 cm³/mol. The average molecular weight is 381 g/mol. The van der Waals surface area contributed by atoms with Gasteiger partial charge in [0.15, 0.2) is 0 Å². The maximum Gasteiger partial charge on any atom is 0.139 e. The molecule has 0 aliphatic rings. The Balaban J connectivity index is 2.29. The van der Waals surface area contributed by atoms with Gasteiger partial charge in [-0.25, -0.2) is 0 Å².